The number of benzene rings is 3. The Hall–Kier alpha value is -4.99. The van der Waals surface area contributed by atoms with Gasteiger partial charge in [0.1, 0.15) is 0 Å². The molecule has 0 atom stereocenters. The van der Waals surface area contributed by atoms with E-state index in [0.29, 0.717) is 34.4 Å². The van der Waals surface area contributed by atoms with Gasteiger partial charge in [-0.15, -0.1) is 0 Å². The molecule has 0 aromatic heterocycles. The smallest absolute Gasteiger partial charge is 0.280 e. The highest BCUT2D eigenvalue weighted by Crippen LogP contribution is 2.40. The van der Waals surface area contributed by atoms with Gasteiger partial charge in [0, 0.05) is 18.3 Å². The topological polar surface area (TPSA) is 118 Å². The van der Waals surface area contributed by atoms with Crippen LogP contribution < -0.4 is 29.0 Å². The van der Waals surface area contributed by atoms with E-state index >= 15 is 0 Å². The molecule has 0 unspecified atom stereocenters. The predicted molar refractivity (Wildman–Crippen MR) is 145 cm³/mol. The SMILES string of the molecule is COc1cc(/C=C\c2cc(OC)c(OC)c(OC)c2)cc(N/C=C\C(=O)c2ccccc2[N+](=O)[O-])c1OC. The number of carbonyl (C=O) groups is 1. The summed E-state index contributed by atoms with van der Waals surface area (Å²) in [6, 6.07) is 13.0. The van der Waals surface area contributed by atoms with Crippen molar-refractivity contribution in [2.75, 3.05) is 40.9 Å². The first-order chi connectivity index (χ1) is 18.4. The second kappa shape index (κ2) is 12.8. The van der Waals surface area contributed by atoms with Crippen LogP contribution in [0.3, 0.4) is 0 Å². The molecule has 10 heteroatoms. The minimum atomic E-state index is -0.591. The summed E-state index contributed by atoms with van der Waals surface area (Å²) in [6.45, 7) is 0. The monoisotopic (exact) mass is 520 g/mol. The summed E-state index contributed by atoms with van der Waals surface area (Å²) in [4.78, 5) is 23.2. The molecule has 3 aromatic rings. The zero-order valence-corrected chi connectivity index (χ0v) is 21.6. The van der Waals surface area contributed by atoms with E-state index in [-0.39, 0.29) is 11.3 Å². The fourth-order valence-corrected chi connectivity index (χ4v) is 3.72. The molecular weight excluding hydrogens is 492 g/mol. The molecule has 0 saturated carbocycles. The van der Waals surface area contributed by atoms with Crippen molar-refractivity contribution < 1.29 is 33.4 Å². The van der Waals surface area contributed by atoms with Gasteiger partial charge in [0.05, 0.1) is 51.7 Å². The summed E-state index contributed by atoms with van der Waals surface area (Å²) in [5, 5.41) is 14.2. The van der Waals surface area contributed by atoms with E-state index in [0.717, 1.165) is 11.1 Å². The van der Waals surface area contributed by atoms with Crippen molar-refractivity contribution in [3.8, 4) is 28.7 Å². The van der Waals surface area contributed by atoms with Gasteiger partial charge in [0.2, 0.25) is 5.75 Å². The molecule has 3 rings (SSSR count). The Morgan fingerprint density at radius 1 is 0.789 bits per heavy atom. The molecular formula is C28H28N2O8. The zero-order valence-electron chi connectivity index (χ0n) is 21.6. The number of hydrogen-bond acceptors (Lipinski definition) is 9. The summed E-state index contributed by atoms with van der Waals surface area (Å²) >= 11 is 0. The normalized spacial score (nSPS) is 10.9. The van der Waals surface area contributed by atoms with Gasteiger partial charge in [-0.05, 0) is 41.5 Å². The molecule has 0 aliphatic carbocycles. The summed E-state index contributed by atoms with van der Waals surface area (Å²) in [5.41, 5.74) is 1.81. The van der Waals surface area contributed by atoms with Crippen molar-refractivity contribution in [3.63, 3.8) is 0 Å². The highest BCUT2D eigenvalue weighted by Gasteiger charge is 2.17. The van der Waals surface area contributed by atoms with Crippen LogP contribution in [-0.2, 0) is 0 Å². The van der Waals surface area contributed by atoms with Gasteiger partial charge in [-0.25, -0.2) is 0 Å². The Morgan fingerprint density at radius 2 is 1.32 bits per heavy atom. The van der Waals surface area contributed by atoms with Crippen LogP contribution in [-0.4, -0.2) is 46.3 Å². The van der Waals surface area contributed by atoms with Crippen LogP contribution in [0.15, 0.2) is 60.8 Å². The minimum Gasteiger partial charge on any atom is -0.493 e. The highest BCUT2D eigenvalue weighted by molar-refractivity contribution is 6.07. The number of carbonyl (C=O) groups excluding carboxylic acids is 1. The van der Waals surface area contributed by atoms with Crippen molar-refractivity contribution >= 4 is 29.3 Å². The molecule has 0 spiro atoms. The van der Waals surface area contributed by atoms with E-state index in [9.17, 15) is 14.9 Å². The molecule has 0 aliphatic rings. The van der Waals surface area contributed by atoms with E-state index in [1.807, 2.05) is 24.3 Å². The molecule has 0 aliphatic heterocycles. The van der Waals surface area contributed by atoms with Crippen LogP contribution in [0.4, 0.5) is 11.4 Å². The van der Waals surface area contributed by atoms with E-state index < -0.39 is 10.7 Å². The number of nitro groups is 1. The molecule has 38 heavy (non-hydrogen) atoms. The second-order valence-corrected chi connectivity index (χ2v) is 7.71. The highest BCUT2D eigenvalue weighted by atomic mass is 16.6. The Morgan fingerprint density at radius 3 is 1.84 bits per heavy atom. The largest absolute Gasteiger partial charge is 0.493 e. The lowest BCUT2D eigenvalue weighted by molar-refractivity contribution is -0.385. The molecule has 0 saturated heterocycles. The average Bonchev–Trinajstić information content (AvgIpc) is 2.94. The predicted octanol–water partition coefficient (Wildman–Crippen LogP) is 5.62. The first-order valence-corrected chi connectivity index (χ1v) is 11.3. The van der Waals surface area contributed by atoms with Crippen LogP contribution in [0.2, 0.25) is 0 Å². The maximum atomic E-state index is 12.6. The van der Waals surface area contributed by atoms with Crippen LogP contribution in [0.1, 0.15) is 21.5 Å². The molecule has 0 bridgehead atoms. The molecule has 0 heterocycles. The van der Waals surface area contributed by atoms with Crippen molar-refractivity contribution in [1.29, 1.82) is 0 Å². The molecule has 1 N–H and O–H groups in total. The number of methoxy groups -OCH3 is 5. The number of nitrogens with one attached hydrogen (secondary N) is 1. The molecule has 0 amide bonds. The van der Waals surface area contributed by atoms with Gasteiger partial charge in [-0.3, -0.25) is 14.9 Å². The van der Waals surface area contributed by atoms with Gasteiger partial charge in [0.25, 0.3) is 5.69 Å². The number of nitrogens with zero attached hydrogens (tertiary/aromatic N) is 1. The number of anilines is 1. The number of para-hydroxylation sites is 1. The summed E-state index contributed by atoms with van der Waals surface area (Å²) in [7, 11) is 7.65. The van der Waals surface area contributed by atoms with Crippen LogP contribution in [0.5, 0.6) is 28.7 Å². The number of ether oxygens (including phenoxy) is 5. The number of nitro benzene ring substituents is 1. The molecule has 0 radical (unpaired) electrons. The first-order valence-electron chi connectivity index (χ1n) is 11.3. The van der Waals surface area contributed by atoms with E-state index in [1.54, 1.807) is 32.4 Å². The van der Waals surface area contributed by atoms with Gasteiger partial charge in [-0.1, -0.05) is 24.3 Å². The summed E-state index contributed by atoms with van der Waals surface area (Å²) < 4.78 is 27.2. The van der Waals surface area contributed by atoms with Crippen molar-refractivity contribution in [3.05, 3.63) is 87.6 Å². The average molecular weight is 521 g/mol. The molecule has 3 aromatic carbocycles. The van der Waals surface area contributed by atoms with Crippen LogP contribution in [0.25, 0.3) is 12.2 Å². The number of rotatable bonds is 12. The third-order valence-corrected chi connectivity index (χ3v) is 5.50. The first kappa shape index (κ1) is 27.6. The van der Waals surface area contributed by atoms with Crippen LogP contribution in [0, 0.1) is 10.1 Å². The van der Waals surface area contributed by atoms with Crippen molar-refractivity contribution in [1.82, 2.24) is 0 Å². The Bertz CT molecular complexity index is 1360. The Kier molecular flexibility index (Phi) is 9.31. The van der Waals surface area contributed by atoms with Crippen LogP contribution >= 0.6 is 0 Å². The third-order valence-electron chi connectivity index (χ3n) is 5.50. The maximum Gasteiger partial charge on any atom is 0.280 e. The third kappa shape index (κ3) is 6.22. The minimum absolute atomic E-state index is 0.0119. The fraction of sp³-hybridized carbons (Fsp3) is 0.179. The quantitative estimate of drug-likeness (QED) is 0.107. The fourth-order valence-electron chi connectivity index (χ4n) is 3.72. The lowest BCUT2D eigenvalue weighted by Gasteiger charge is -2.14. The molecule has 10 nitrogen and oxygen atoms in total. The number of hydrogen-bond donors (Lipinski definition) is 1. The molecule has 0 fully saturated rings. The van der Waals surface area contributed by atoms with Crippen molar-refractivity contribution in [2.45, 2.75) is 0 Å². The maximum absolute atomic E-state index is 12.6. The molecule has 198 valence electrons. The van der Waals surface area contributed by atoms with Gasteiger partial charge in [0.15, 0.2) is 28.8 Å². The summed E-state index contributed by atoms with van der Waals surface area (Å²) in [5.74, 6) is 1.89. The Balaban J connectivity index is 1.91. The van der Waals surface area contributed by atoms with Gasteiger partial charge in [-0.2, -0.15) is 0 Å². The van der Waals surface area contributed by atoms with E-state index in [2.05, 4.69) is 5.32 Å². The van der Waals surface area contributed by atoms with E-state index in [4.69, 9.17) is 23.7 Å². The standard InChI is InChI=1S/C28H28N2O8/c1-34-24-15-18(10-11-19-16-25(35-2)28(38-5)26(17-19)36-3)14-21(27(24)37-4)29-13-12-23(31)20-8-6-7-9-22(20)30(32)33/h6-17,29H,1-5H3/b11-10-,13-12-. The lowest BCUT2D eigenvalue weighted by atomic mass is 10.1. The van der Waals surface area contributed by atoms with Gasteiger partial charge >= 0.3 is 0 Å². The van der Waals surface area contributed by atoms with E-state index in [1.165, 1.54) is 51.8 Å². The Labute approximate surface area is 220 Å². The van der Waals surface area contributed by atoms with Gasteiger partial charge < -0.3 is 29.0 Å². The lowest BCUT2D eigenvalue weighted by Crippen LogP contribution is -2.02. The summed E-state index contributed by atoms with van der Waals surface area (Å²) in [6.07, 6.45) is 6.33. The second-order valence-electron chi connectivity index (χ2n) is 7.71. The zero-order chi connectivity index (χ0) is 27.7. The number of allylic oxidation sites excluding steroid dienone is 1. The number of ketones is 1. The van der Waals surface area contributed by atoms with Crippen molar-refractivity contribution in [2.24, 2.45) is 0 Å².